The van der Waals surface area contributed by atoms with Gasteiger partial charge in [-0.2, -0.15) is 0 Å². The lowest BCUT2D eigenvalue weighted by atomic mass is 10.1. The highest BCUT2D eigenvalue weighted by Crippen LogP contribution is 2.13. The van der Waals surface area contributed by atoms with Crippen molar-refractivity contribution in [3.8, 4) is 0 Å². The molecular weight excluding hydrogens is 328 g/mol. The molecule has 1 aromatic heterocycles. The second-order valence-electron chi connectivity index (χ2n) is 4.34. The van der Waals surface area contributed by atoms with E-state index in [4.69, 9.17) is 15.9 Å². The van der Waals surface area contributed by atoms with E-state index in [-0.39, 0.29) is 35.8 Å². The summed E-state index contributed by atoms with van der Waals surface area (Å²) in [5.41, 5.74) is 5.42. The monoisotopic (exact) mass is 344 g/mol. The van der Waals surface area contributed by atoms with Crippen LogP contribution < -0.4 is 11.1 Å². The molecule has 0 saturated carbocycles. The highest BCUT2D eigenvalue weighted by Gasteiger charge is 2.25. The summed E-state index contributed by atoms with van der Waals surface area (Å²) >= 11 is 1.09. The molecule has 1 amide bonds. The Bertz CT molecular complexity index is 614. The van der Waals surface area contributed by atoms with Crippen LogP contribution in [-0.2, 0) is 19.2 Å². The Labute approximate surface area is 135 Å². The average molecular weight is 344 g/mol. The largest absolute Gasteiger partial charge is 0.481 e. The maximum Gasteiger partial charge on any atom is 0.326 e. The second kappa shape index (κ2) is 8.68. The van der Waals surface area contributed by atoms with Gasteiger partial charge < -0.3 is 26.1 Å². The van der Waals surface area contributed by atoms with Gasteiger partial charge in [0.15, 0.2) is 10.8 Å². The van der Waals surface area contributed by atoms with Crippen LogP contribution in [0.4, 0.5) is 5.13 Å². The number of carbonyl (C=O) groups excluding carboxylic acids is 1. The maximum atomic E-state index is 12.2. The van der Waals surface area contributed by atoms with Crippen LogP contribution in [0.25, 0.3) is 0 Å². The lowest BCUT2D eigenvalue weighted by Gasteiger charge is -2.14. The molecule has 0 spiro atoms. The fourth-order valence-corrected chi connectivity index (χ4v) is 2.18. The van der Waals surface area contributed by atoms with E-state index in [9.17, 15) is 14.4 Å². The third-order valence-corrected chi connectivity index (χ3v) is 3.32. The van der Waals surface area contributed by atoms with Gasteiger partial charge in [0, 0.05) is 11.8 Å². The molecule has 0 fully saturated rings. The fourth-order valence-electron chi connectivity index (χ4n) is 1.63. The van der Waals surface area contributed by atoms with Crippen molar-refractivity contribution in [1.29, 1.82) is 0 Å². The Hall–Kier alpha value is -2.69. The molecule has 1 atom stereocenters. The van der Waals surface area contributed by atoms with Crippen LogP contribution in [0.2, 0.25) is 0 Å². The Kier molecular flexibility index (Phi) is 6.93. The number of oxime groups is 1. The summed E-state index contributed by atoms with van der Waals surface area (Å²) in [6.07, 6.45) is -0.124. The molecule has 0 saturated heterocycles. The van der Waals surface area contributed by atoms with Crippen molar-refractivity contribution in [3.05, 3.63) is 11.1 Å². The van der Waals surface area contributed by atoms with Gasteiger partial charge in [-0.25, -0.2) is 9.78 Å². The Balaban J connectivity index is 2.80. The molecule has 1 rings (SSSR count). The summed E-state index contributed by atoms with van der Waals surface area (Å²) in [6.45, 7) is 0. The number of amides is 1. The summed E-state index contributed by atoms with van der Waals surface area (Å²) in [5, 5.41) is 25.2. The maximum absolute atomic E-state index is 12.2. The molecule has 0 radical (unpaired) electrons. The quantitative estimate of drug-likeness (QED) is 0.356. The summed E-state index contributed by atoms with van der Waals surface area (Å²) in [5.74, 6) is -3.13. The van der Waals surface area contributed by atoms with Crippen molar-refractivity contribution < 1.29 is 29.4 Å². The number of hydrogen-bond donors (Lipinski definition) is 4. The molecule has 1 heterocycles. The van der Waals surface area contributed by atoms with Gasteiger partial charge in [-0.3, -0.25) is 9.59 Å². The van der Waals surface area contributed by atoms with Crippen molar-refractivity contribution in [3.63, 3.8) is 0 Å². The van der Waals surface area contributed by atoms with Crippen LogP contribution in [0.3, 0.4) is 0 Å². The average Bonchev–Trinajstić information content (AvgIpc) is 2.89. The number of carboxylic acid groups (broad SMARTS) is 2. The Morgan fingerprint density at radius 3 is 2.65 bits per heavy atom. The number of carboxylic acids is 2. The first-order valence-electron chi connectivity index (χ1n) is 6.43. The molecule has 5 N–H and O–H groups in total. The highest BCUT2D eigenvalue weighted by atomic mass is 32.1. The molecule has 10 nitrogen and oxygen atoms in total. The van der Waals surface area contributed by atoms with Crippen molar-refractivity contribution in [2.24, 2.45) is 5.16 Å². The first-order chi connectivity index (χ1) is 10.8. The van der Waals surface area contributed by atoms with Crippen molar-refractivity contribution in [2.45, 2.75) is 25.3 Å². The number of rotatable bonds is 9. The van der Waals surface area contributed by atoms with Gasteiger partial charge in [-0.1, -0.05) is 5.16 Å². The second-order valence-corrected chi connectivity index (χ2v) is 5.23. The van der Waals surface area contributed by atoms with Gasteiger partial charge in [-0.05, 0) is 12.8 Å². The van der Waals surface area contributed by atoms with E-state index >= 15 is 0 Å². The zero-order valence-corrected chi connectivity index (χ0v) is 13.0. The minimum Gasteiger partial charge on any atom is -0.481 e. The van der Waals surface area contributed by atoms with Crippen molar-refractivity contribution in [2.75, 3.05) is 12.8 Å². The normalized spacial score (nSPS) is 12.5. The summed E-state index contributed by atoms with van der Waals surface area (Å²) in [7, 11) is 1.23. The van der Waals surface area contributed by atoms with Gasteiger partial charge in [0.05, 0.1) is 0 Å². The molecular formula is C12H16N4O6S. The number of nitrogens with zero attached hydrogens (tertiary/aromatic N) is 2. The highest BCUT2D eigenvalue weighted by molar-refractivity contribution is 7.13. The zero-order chi connectivity index (χ0) is 17.4. The van der Waals surface area contributed by atoms with Crippen LogP contribution in [0, 0.1) is 0 Å². The number of carbonyl (C=O) groups is 3. The van der Waals surface area contributed by atoms with E-state index in [1.54, 1.807) is 0 Å². The molecule has 0 aliphatic carbocycles. The van der Waals surface area contributed by atoms with Gasteiger partial charge in [0.25, 0.3) is 5.91 Å². The summed E-state index contributed by atoms with van der Waals surface area (Å²) < 4.78 is 0. The minimum atomic E-state index is -1.28. The lowest BCUT2D eigenvalue weighted by Crippen LogP contribution is -2.44. The first kappa shape index (κ1) is 18.4. The number of aromatic nitrogens is 1. The predicted octanol–water partition coefficient (Wildman–Crippen LogP) is -0.0999. The molecule has 0 aliphatic heterocycles. The topological polar surface area (TPSA) is 164 Å². The van der Waals surface area contributed by atoms with Gasteiger partial charge >= 0.3 is 11.9 Å². The molecule has 11 heteroatoms. The summed E-state index contributed by atoms with van der Waals surface area (Å²) in [4.78, 5) is 42.3. The number of nitrogen functional groups attached to an aromatic ring is 1. The SMILES string of the molecule is CO/N=C(\C(=O)NC(CCCC(=O)O)C(=O)O)c1csc(N)n1. The van der Waals surface area contributed by atoms with E-state index in [1.165, 1.54) is 12.5 Å². The fraction of sp³-hybridized carbons (Fsp3) is 0.417. The Morgan fingerprint density at radius 1 is 1.48 bits per heavy atom. The van der Waals surface area contributed by atoms with E-state index in [2.05, 4.69) is 20.3 Å². The molecule has 0 bridgehead atoms. The number of hydrogen-bond acceptors (Lipinski definition) is 8. The number of aliphatic carboxylic acids is 2. The number of nitrogens with two attached hydrogens (primary N) is 1. The summed E-state index contributed by atoms with van der Waals surface area (Å²) in [6, 6.07) is -1.25. The molecule has 126 valence electrons. The molecule has 1 unspecified atom stereocenters. The number of nitrogens with one attached hydrogen (secondary N) is 1. The third kappa shape index (κ3) is 5.90. The van der Waals surface area contributed by atoms with E-state index in [0.29, 0.717) is 0 Å². The molecule has 23 heavy (non-hydrogen) atoms. The standard InChI is InChI=1S/C12H16N4O6S/c1-22-16-9(7-5-23-12(13)15-7)10(19)14-6(11(20)21)3-2-4-8(17)18/h5-6H,2-4H2,1H3,(H2,13,15)(H,14,19)(H,17,18)(H,20,21)/b16-9-. The Morgan fingerprint density at radius 2 is 2.17 bits per heavy atom. The smallest absolute Gasteiger partial charge is 0.326 e. The predicted molar refractivity (Wildman–Crippen MR) is 81.1 cm³/mol. The van der Waals surface area contributed by atoms with Gasteiger partial charge in [-0.15, -0.1) is 11.3 Å². The van der Waals surface area contributed by atoms with E-state index in [1.807, 2.05) is 0 Å². The molecule has 0 aliphatic rings. The van der Waals surface area contributed by atoms with Crippen molar-refractivity contribution in [1.82, 2.24) is 10.3 Å². The van der Waals surface area contributed by atoms with Crippen LogP contribution in [0.1, 0.15) is 25.0 Å². The van der Waals surface area contributed by atoms with Gasteiger partial charge in [0.1, 0.15) is 18.8 Å². The zero-order valence-electron chi connectivity index (χ0n) is 12.2. The van der Waals surface area contributed by atoms with Gasteiger partial charge in [0.2, 0.25) is 0 Å². The van der Waals surface area contributed by atoms with Crippen LogP contribution in [0.5, 0.6) is 0 Å². The van der Waals surface area contributed by atoms with Crippen LogP contribution in [-0.4, -0.2) is 51.9 Å². The third-order valence-electron chi connectivity index (χ3n) is 2.65. The first-order valence-corrected chi connectivity index (χ1v) is 7.31. The number of anilines is 1. The minimum absolute atomic E-state index is 0.0349. The van der Waals surface area contributed by atoms with Crippen LogP contribution >= 0.6 is 11.3 Å². The van der Waals surface area contributed by atoms with E-state index in [0.717, 1.165) is 11.3 Å². The van der Waals surface area contributed by atoms with Crippen molar-refractivity contribution >= 4 is 40.0 Å². The number of thiazole rings is 1. The van der Waals surface area contributed by atoms with Crippen LogP contribution in [0.15, 0.2) is 10.5 Å². The molecule has 1 aromatic rings. The van der Waals surface area contributed by atoms with E-state index < -0.39 is 23.9 Å². The molecule has 0 aromatic carbocycles. The lowest BCUT2D eigenvalue weighted by molar-refractivity contribution is -0.142.